The van der Waals surface area contributed by atoms with Crippen LogP contribution < -0.4 is 5.32 Å². The van der Waals surface area contributed by atoms with E-state index < -0.39 is 17.3 Å². The molecule has 4 nitrogen and oxygen atoms in total. The van der Waals surface area contributed by atoms with E-state index in [1.54, 1.807) is 13.1 Å². The van der Waals surface area contributed by atoms with Gasteiger partial charge in [-0.05, 0) is 18.6 Å². The van der Waals surface area contributed by atoms with Gasteiger partial charge < -0.3 is 4.90 Å². The molecule has 0 saturated heterocycles. The zero-order chi connectivity index (χ0) is 13.7. The van der Waals surface area contributed by atoms with Crippen molar-refractivity contribution in [1.29, 1.82) is 0 Å². The van der Waals surface area contributed by atoms with Crippen molar-refractivity contribution < 1.29 is 9.59 Å². The van der Waals surface area contributed by atoms with Crippen molar-refractivity contribution in [2.75, 3.05) is 7.05 Å². The highest BCUT2D eigenvalue weighted by atomic mass is 35.5. The van der Waals surface area contributed by atoms with E-state index in [0.29, 0.717) is 11.6 Å². The van der Waals surface area contributed by atoms with Crippen molar-refractivity contribution in [2.45, 2.75) is 18.8 Å². The van der Waals surface area contributed by atoms with Crippen LogP contribution in [-0.4, -0.2) is 29.3 Å². The highest BCUT2D eigenvalue weighted by Crippen LogP contribution is 2.16. The van der Waals surface area contributed by atoms with Crippen molar-refractivity contribution in [3.63, 3.8) is 0 Å². The summed E-state index contributed by atoms with van der Waals surface area (Å²) in [6, 6.07) is 6.70. The van der Waals surface area contributed by atoms with E-state index in [1.807, 2.05) is 18.2 Å². The molecule has 0 aliphatic heterocycles. The van der Waals surface area contributed by atoms with Crippen molar-refractivity contribution in [3.05, 3.63) is 34.9 Å². The Balaban J connectivity index is 2.61. The third kappa shape index (κ3) is 4.20. The molecule has 98 valence electrons. The number of nitrogens with one attached hydrogen (secondary N) is 1. The first-order valence-electron chi connectivity index (χ1n) is 5.35. The average Bonchev–Trinajstić information content (AvgIpc) is 2.31. The summed E-state index contributed by atoms with van der Waals surface area (Å²) in [5.41, 5.74) is 0.809. The SMILES string of the molecule is CC(Cl)C(=O)NC(=O)N(C)Cc1ccccc1Cl. The highest BCUT2D eigenvalue weighted by Gasteiger charge is 2.16. The first kappa shape index (κ1) is 14.8. The van der Waals surface area contributed by atoms with Gasteiger partial charge in [-0.3, -0.25) is 10.1 Å². The van der Waals surface area contributed by atoms with Gasteiger partial charge in [0.2, 0.25) is 5.91 Å². The van der Waals surface area contributed by atoms with Gasteiger partial charge in [0.25, 0.3) is 0 Å². The number of nitrogens with zero attached hydrogens (tertiary/aromatic N) is 1. The Labute approximate surface area is 116 Å². The minimum Gasteiger partial charge on any atom is -0.323 e. The second-order valence-electron chi connectivity index (χ2n) is 3.86. The Morgan fingerprint density at radius 2 is 2.00 bits per heavy atom. The summed E-state index contributed by atoms with van der Waals surface area (Å²) in [6.07, 6.45) is 0. The molecule has 3 amide bonds. The number of benzene rings is 1. The summed E-state index contributed by atoms with van der Waals surface area (Å²) in [5, 5.41) is 2.02. The molecule has 1 unspecified atom stereocenters. The predicted molar refractivity (Wildman–Crippen MR) is 71.8 cm³/mol. The molecular formula is C12H14Cl2N2O2. The second-order valence-corrected chi connectivity index (χ2v) is 4.92. The summed E-state index contributed by atoms with van der Waals surface area (Å²) in [4.78, 5) is 24.3. The van der Waals surface area contributed by atoms with Gasteiger partial charge in [-0.2, -0.15) is 0 Å². The molecule has 0 fully saturated rings. The van der Waals surface area contributed by atoms with Gasteiger partial charge in [0.05, 0.1) is 0 Å². The molecule has 1 atom stereocenters. The number of alkyl halides is 1. The van der Waals surface area contributed by atoms with Gasteiger partial charge in [0, 0.05) is 18.6 Å². The first-order chi connectivity index (χ1) is 8.41. The molecule has 6 heteroatoms. The van der Waals surface area contributed by atoms with Crippen molar-refractivity contribution in [1.82, 2.24) is 10.2 Å². The molecule has 1 rings (SSSR count). The number of urea groups is 1. The summed E-state index contributed by atoms with van der Waals surface area (Å²) >= 11 is 11.5. The zero-order valence-electron chi connectivity index (χ0n) is 10.1. The van der Waals surface area contributed by atoms with E-state index in [9.17, 15) is 9.59 Å². The monoisotopic (exact) mass is 288 g/mol. The maximum atomic E-state index is 11.7. The minimum absolute atomic E-state index is 0.315. The molecule has 0 radical (unpaired) electrons. The number of hydrogen-bond acceptors (Lipinski definition) is 2. The zero-order valence-corrected chi connectivity index (χ0v) is 11.6. The second kappa shape index (κ2) is 6.61. The molecule has 0 aromatic heterocycles. The van der Waals surface area contributed by atoms with Crippen molar-refractivity contribution in [3.8, 4) is 0 Å². The Morgan fingerprint density at radius 1 is 1.39 bits per heavy atom. The summed E-state index contributed by atoms with van der Waals surface area (Å²) in [5.74, 6) is -0.521. The number of imide groups is 1. The normalized spacial score (nSPS) is 11.8. The largest absolute Gasteiger partial charge is 0.324 e. The fourth-order valence-electron chi connectivity index (χ4n) is 1.25. The summed E-state index contributed by atoms with van der Waals surface area (Å²) in [7, 11) is 1.57. The quantitative estimate of drug-likeness (QED) is 0.870. The van der Waals surface area contributed by atoms with Gasteiger partial charge in [0.1, 0.15) is 5.38 Å². The van der Waals surface area contributed by atoms with Crippen LogP contribution in [0.15, 0.2) is 24.3 Å². The summed E-state index contributed by atoms with van der Waals surface area (Å²) in [6.45, 7) is 1.81. The van der Waals surface area contributed by atoms with E-state index in [0.717, 1.165) is 5.56 Å². The van der Waals surface area contributed by atoms with Crippen molar-refractivity contribution in [2.24, 2.45) is 0 Å². The van der Waals surface area contributed by atoms with Gasteiger partial charge in [-0.1, -0.05) is 29.8 Å². The lowest BCUT2D eigenvalue weighted by atomic mass is 10.2. The number of amides is 3. The average molecular weight is 289 g/mol. The summed E-state index contributed by atoms with van der Waals surface area (Å²) < 4.78 is 0. The molecule has 18 heavy (non-hydrogen) atoms. The van der Waals surface area contributed by atoms with E-state index in [4.69, 9.17) is 23.2 Å². The van der Waals surface area contributed by atoms with E-state index in [2.05, 4.69) is 5.32 Å². The lowest BCUT2D eigenvalue weighted by Crippen LogP contribution is -2.42. The molecule has 0 bridgehead atoms. The molecule has 0 aliphatic rings. The number of carbonyl (C=O) groups excluding carboxylic acids is 2. The molecule has 0 spiro atoms. The predicted octanol–water partition coefficient (Wildman–Crippen LogP) is 2.64. The maximum absolute atomic E-state index is 11.7. The molecule has 0 saturated carbocycles. The Bertz CT molecular complexity index is 449. The maximum Gasteiger partial charge on any atom is 0.324 e. The minimum atomic E-state index is -0.748. The standard InChI is InChI=1S/C12H14Cl2N2O2/c1-8(13)11(17)15-12(18)16(2)7-9-5-3-4-6-10(9)14/h3-6,8H,7H2,1-2H3,(H,15,17,18). The van der Waals surface area contributed by atoms with Crippen LogP contribution in [0.1, 0.15) is 12.5 Å². The third-order valence-corrected chi connectivity index (χ3v) is 2.87. The number of rotatable bonds is 3. The number of hydrogen-bond donors (Lipinski definition) is 1. The van der Waals surface area contributed by atoms with Crippen LogP contribution in [0.2, 0.25) is 5.02 Å². The topological polar surface area (TPSA) is 49.4 Å². The Hall–Kier alpha value is -1.26. The van der Waals surface area contributed by atoms with Crippen molar-refractivity contribution >= 4 is 35.1 Å². The van der Waals surface area contributed by atoms with Gasteiger partial charge >= 0.3 is 6.03 Å². The Morgan fingerprint density at radius 3 is 2.56 bits per heavy atom. The molecule has 0 aliphatic carbocycles. The molecule has 1 aromatic rings. The van der Waals surface area contributed by atoms with E-state index in [-0.39, 0.29) is 0 Å². The van der Waals surface area contributed by atoms with Crippen LogP contribution in [0.4, 0.5) is 4.79 Å². The Kier molecular flexibility index (Phi) is 5.44. The third-order valence-electron chi connectivity index (χ3n) is 2.30. The van der Waals surface area contributed by atoms with Crippen LogP contribution in [0, 0.1) is 0 Å². The lowest BCUT2D eigenvalue weighted by Gasteiger charge is -2.18. The number of halogens is 2. The van der Waals surface area contributed by atoms with E-state index in [1.165, 1.54) is 11.8 Å². The van der Waals surface area contributed by atoms with Gasteiger partial charge in [-0.15, -0.1) is 11.6 Å². The molecule has 1 aromatic carbocycles. The van der Waals surface area contributed by atoms with Crippen LogP contribution >= 0.6 is 23.2 Å². The van der Waals surface area contributed by atoms with Gasteiger partial charge in [0.15, 0.2) is 0 Å². The van der Waals surface area contributed by atoms with Crippen LogP contribution in [0.3, 0.4) is 0 Å². The van der Waals surface area contributed by atoms with E-state index >= 15 is 0 Å². The fraction of sp³-hybridized carbons (Fsp3) is 0.333. The smallest absolute Gasteiger partial charge is 0.323 e. The highest BCUT2D eigenvalue weighted by molar-refractivity contribution is 6.31. The van der Waals surface area contributed by atoms with Crippen LogP contribution in [0.5, 0.6) is 0 Å². The molecule has 0 heterocycles. The number of carbonyl (C=O) groups is 2. The van der Waals surface area contributed by atoms with Gasteiger partial charge in [-0.25, -0.2) is 4.79 Å². The van der Waals surface area contributed by atoms with Crippen LogP contribution in [-0.2, 0) is 11.3 Å². The van der Waals surface area contributed by atoms with Crippen LogP contribution in [0.25, 0.3) is 0 Å². The lowest BCUT2D eigenvalue weighted by molar-refractivity contribution is -0.119. The molecular weight excluding hydrogens is 275 g/mol. The first-order valence-corrected chi connectivity index (χ1v) is 6.16. The fourth-order valence-corrected chi connectivity index (χ4v) is 1.50. The molecule has 1 N–H and O–H groups in total.